The van der Waals surface area contributed by atoms with E-state index >= 15 is 0 Å². The highest BCUT2D eigenvalue weighted by atomic mass is 79.9. The first-order valence-corrected chi connectivity index (χ1v) is 9.19. The van der Waals surface area contributed by atoms with Gasteiger partial charge in [0.25, 0.3) is 5.91 Å². The monoisotopic (exact) mass is 415 g/mol. The molecular formula is C21H22BrNO3. The minimum Gasteiger partial charge on any atom is -0.449 e. The van der Waals surface area contributed by atoms with E-state index < -0.39 is 12.1 Å². The fourth-order valence-corrected chi connectivity index (χ4v) is 2.46. The number of rotatable bonds is 6. The number of esters is 1. The molecule has 1 N–H and O–H groups in total. The number of benzene rings is 2. The van der Waals surface area contributed by atoms with E-state index in [1.165, 1.54) is 18.6 Å². The van der Waals surface area contributed by atoms with Gasteiger partial charge in [0, 0.05) is 16.2 Å². The molecule has 2 rings (SSSR count). The van der Waals surface area contributed by atoms with Crippen molar-refractivity contribution in [3.05, 3.63) is 70.2 Å². The maximum absolute atomic E-state index is 12.1. The molecule has 136 valence electrons. The summed E-state index contributed by atoms with van der Waals surface area (Å²) in [7, 11) is 0. The molecule has 0 saturated heterocycles. The third kappa shape index (κ3) is 6.15. The van der Waals surface area contributed by atoms with Gasteiger partial charge >= 0.3 is 5.97 Å². The van der Waals surface area contributed by atoms with Gasteiger partial charge in [0.1, 0.15) is 0 Å². The van der Waals surface area contributed by atoms with Crippen LogP contribution in [0.15, 0.2) is 59.1 Å². The van der Waals surface area contributed by atoms with Crippen molar-refractivity contribution in [2.75, 3.05) is 5.32 Å². The summed E-state index contributed by atoms with van der Waals surface area (Å²) < 4.78 is 6.06. The third-order valence-electron chi connectivity index (χ3n) is 3.79. The van der Waals surface area contributed by atoms with Crippen LogP contribution in [0.25, 0.3) is 6.08 Å². The summed E-state index contributed by atoms with van der Waals surface area (Å²) in [6.07, 6.45) is 2.11. The van der Waals surface area contributed by atoms with Gasteiger partial charge in [0.2, 0.25) is 0 Å². The first-order chi connectivity index (χ1) is 12.3. The fraction of sp³-hybridized carbons (Fsp3) is 0.238. The van der Waals surface area contributed by atoms with Crippen molar-refractivity contribution in [2.45, 2.75) is 32.8 Å². The van der Waals surface area contributed by atoms with E-state index in [4.69, 9.17) is 4.74 Å². The Labute approximate surface area is 162 Å². The van der Waals surface area contributed by atoms with E-state index in [1.54, 1.807) is 18.2 Å². The molecule has 0 aliphatic rings. The molecule has 2 aromatic carbocycles. The lowest BCUT2D eigenvalue weighted by atomic mass is 10.0. The van der Waals surface area contributed by atoms with E-state index in [0.717, 1.165) is 10.0 Å². The largest absolute Gasteiger partial charge is 0.449 e. The molecule has 0 aliphatic carbocycles. The SMILES string of the molecule is CC(C)c1ccc(/C=C/C(=O)O[C@@H](C)C(=O)Nc2ccc(Br)cc2)cc1. The van der Waals surface area contributed by atoms with Gasteiger partial charge in [-0.2, -0.15) is 0 Å². The molecule has 2 aromatic rings. The van der Waals surface area contributed by atoms with Gasteiger partial charge < -0.3 is 10.1 Å². The molecule has 0 spiro atoms. The first-order valence-electron chi connectivity index (χ1n) is 8.40. The molecule has 0 aromatic heterocycles. The van der Waals surface area contributed by atoms with Gasteiger partial charge in [-0.15, -0.1) is 0 Å². The second-order valence-corrected chi connectivity index (χ2v) is 7.15. The highest BCUT2D eigenvalue weighted by molar-refractivity contribution is 9.10. The van der Waals surface area contributed by atoms with Gasteiger partial charge in [-0.05, 0) is 54.3 Å². The third-order valence-corrected chi connectivity index (χ3v) is 4.32. The van der Waals surface area contributed by atoms with Crippen LogP contribution < -0.4 is 5.32 Å². The number of carbonyl (C=O) groups is 2. The average molecular weight is 416 g/mol. The normalized spacial score (nSPS) is 12.2. The Morgan fingerprint density at radius 3 is 2.19 bits per heavy atom. The zero-order valence-electron chi connectivity index (χ0n) is 15.0. The van der Waals surface area contributed by atoms with Crippen LogP contribution in [-0.4, -0.2) is 18.0 Å². The van der Waals surface area contributed by atoms with Gasteiger partial charge in [-0.25, -0.2) is 4.79 Å². The molecule has 4 nitrogen and oxygen atoms in total. The number of ether oxygens (including phenoxy) is 1. The van der Waals surface area contributed by atoms with Crippen molar-refractivity contribution in [3.8, 4) is 0 Å². The first kappa shape index (κ1) is 19.9. The Bertz CT molecular complexity index is 780. The van der Waals surface area contributed by atoms with Crippen LogP contribution in [0.1, 0.15) is 37.8 Å². The van der Waals surface area contributed by atoms with Crippen molar-refractivity contribution in [3.63, 3.8) is 0 Å². The summed E-state index contributed by atoms with van der Waals surface area (Å²) in [4.78, 5) is 24.0. The molecule has 26 heavy (non-hydrogen) atoms. The molecule has 0 fully saturated rings. The quantitative estimate of drug-likeness (QED) is 0.523. The molecule has 1 atom stereocenters. The highest BCUT2D eigenvalue weighted by Gasteiger charge is 2.16. The summed E-state index contributed by atoms with van der Waals surface area (Å²) in [6, 6.07) is 15.1. The van der Waals surface area contributed by atoms with Crippen molar-refractivity contribution in [1.82, 2.24) is 0 Å². The lowest BCUT2D eigenvalue weighted by Crippen LogP contribution is -2.29. The smallest absolute Gasteiger partial charge is 0.331 e. The Morgan fingerprint density at radius 2 is 1.62 bits per heavy atom. The molecule has 0 radical (unpaired) electrons. The van der Waals surface area contributed by atoms with Crippen LogP contribution in [0.3, 0.4) is 0 Å². The second kappa shape index (κ2) is 9.34. The molecule has 0 unspecified atom stereocenters. The molecule has 0 heterocycles. The van der Waals surface area contributed by atoms with Crippen LogP contribution in [0.2, 0.25) is 0 Å². The summed E-state index contributed by atoms with van der Waals surface area (Å²) in [6.45, 7) is 5.79. The average Bonchev–Trinajstić information content (AvgIpc) is 2.62. The maximum atomic E-state index is 12.1. The number of halogens is 1. The molecule has 0 saturated carbocycles. The number of hydrogen-bond donors (Lipinski definition) is 1. The standard InChI is InChI=1S/C21H22BrNO3/c1-14(2)17-7-4-16(5-8-17)6-13-20(24)26-15(3)21(25)23-19-11-9-18(22)10-12-19/h4-15H,1-3H3,(H,23,25)/b13-6+/t15-/m0/s1. The molecule has 0 bridgehead atoms. The summed E-state index contributed by atoms with van der Waals surface area (Å²) in [5.41, 5.74) is 2.78. The Kier molecular flexibility index (Phi) is 7.16. The Balaban J connectivity index is 1.87. The van der Waals surface area contributed by atoms with Gasteiger partial charge in [0.05, 0.1) is 0 Å². The van der Waals surface area contributed by atoms with E-state index in [2.05, 4.69) is 35.1 Å². The van der Waals surface area contributed by atoms with Gasteiger partial charge in [0.15, 0.2) is 6.10 Å². The van der Waals surface area contributed by atoms with Crippen molar-refractivity contribution < 1.29 is 14.3 Å². The number of nitrogens with one attached hydrogen (secondary N) is 1. The Morgan fingerprint density at radius 1 is 1.00 bits per heavy atom. The lowest BCUT2D eigenvalue weighted by molar-refractivity contribution is -0.148. The van der Waals surface area contributed by atoms with Crippen LogP contribution in [0.4, 0.5) is 5.69 Å². The Hall–Kier alpha value is -2.40. The summed E-state index contributed by atoms with van der Waals surface area (Å²) >= 11 is 3.33. The lowest BCUT2D eigenvalue weighted by Gasteiger charge is -2.12. The minimum absolute atomic E-state index is 0.379. The molecule has 1 amide bonds. The van der Waals surface area contributed by atoms with Crippen LogP contribution in [0.5, 0.6) is 0 Å². The number of amides is 1. The number of carbonyl (C=O) groups excluding carboxylic acids is 2. The van der Waals surface area contributed by atoms with Crippen LogP contribution in [0, 0.1) is 0 Å². The zero-order valence-corrected chi connectivity index (χ0v) is 16.6. The topological polar surface area (TPSA) is 55.4 Å². The van der Waals surface area contributed by atoms with Crippen LogP contribution >= 0.6 is 15.9 Å². The van der Waals surface area contributed by atoms with E-state index in [0.29, 0.717) is 11.6 Å². The fourth-order valence-electron chi connectivity index (χ4n) is 2.20. The number of anilines is 1. The minimum atomic E-state index is -0.890. The molecule has 5 heteroatoms. The van der Waals surface area contributed by atoms with Gasteiger partial charge in [-0.1, -0.05) is 54.0 Å². The van der Waals surface area contributed by atoms with E-state index in [-0.39, 0.29) is 5.91 Å². The molecule has 0 aliphatic heterocycles. The maximum Gasteiger partial charge on any atom is 0.331 e. The summed E-state index contributed by atoms with van der Waals surface area (Å²) in [5.74, 6) is -0.477. The zero-order chi connectivity index (χ0) is 19.1. The predicted octanol–water partition coefficient (Wildman–Crippen LogP) is 5.16. The van der Waals surface area contributed by atoms with Crippen LogP contribution in [-0.2, 0) is 14.3 Å². The van der Waals surface area contributed by atoms with E-state index in [1.807, 2.05) is 36.4 Å². The number of hydrogen-bond acceptors (Lipinski definition) is 3. The highest BCUT2D eigenvalue weighted by Crippen LogP contribution is 2.16. The van der Waals surface area contributed by atoms with Crippen molar-refractivity contribution in [1.29, 1.82) is 0 Å². The van der Waals surface area contributed by atoms with Gasteiger partial charge in [-0.3, -0.25) is 4.79 Å². The van der Waals surface area contributed by atoms with Crippen molar-refractivity contribution >= 4 is 39.6 Å². The second-order valence-electron chi connectivity index (χ2n) is 6.23. The van der Waals surface area contributed by atoms with Crippen molar-refractivity contribution in [2.24, 2.45) is 0 Å². The van der Waals surface area contributed by atoms with E-state index in [9.17, 15) is 9.59 Å². The predicted molar refractivity (Wildman–Crippen MR) is 108 cm³/mol. The summed E-state index contributed by atoms with van der Waals surface area (Å²) in [5, 5.41) is 2.70. The molecular weight excluding hydrogens is 394 g/mol.